The lowest BCUT2D eigenvalue weighted by Crippen LogP contribution is -2.14. The molecule has 0 aliphatic heterocycles. The Hall–Kier alpha value is -4.08. The van der Waals surface area contributed by atoms with Crippen LogP contribution in [0.15, 0.2) is 78.9 Å². The van der Waals surface area contributed by atoms with Crippen molar-refractivity contribution in [2.24, 2.45) is 0 Å². The Bertz CT molecular complexity index is 1330. The Morgan fingerprint density at radius 3 is 2.64 bits per heavy atom. The van der Waals surface area contributed by atoms with Crippen molar-refractivity contribution in [1.82, 2.24) is 9.78 Å². The molecule has 164 valence electrons. The first kappa shape index (κ1) is 22.1. The molecule has 3 aromatic carbocycles. The van der Waals surface area contributed by atoms with E-state index in [9.17, 15) is 4.79 Å². The van der Waals surface area contributed by atoms with Gasteiger partial charge in [0.25, 0.3) is 5.91 Å². The van der Waals surface area contributed by atoms with Crippen LogP contribution in [0.3, 0.4) is 0 Å². The lowest BCUT2D eigenvalue weighted by Gasteiger charge is -2.13. The number of amides is 1. The van der Waals surface area contributed by atoms with Gasteiger partial charge in [-0.2, -0.15) is 5.10 Å². The number of hydrogen-bond acceptors (Lipinski definition) is 3. The van der Waals surface area contributed by atoms with Gasteiger partial charge in [-0.25, -0.2) is 4.85 Å². The largest absolute Gasteiger partial charge is 0.489 e. The lowest BCUT2D eigenvalue weighted by atomic mass is 10.2. The molecule has 0 saturated carbocycles. The van der Waals surface area contributed by atoms with Crippen molar-refractivity contribution in [1.29, 1.82) is 0 Å². The summed E-state index contributed by atoms with van der Waals surface area (Å²) in [6.45, 7) is 9.96. The van der Waals surface area contributed by atoms with Crippen LogP contribution in [0.5, 0.6) is 5.75 Å². The van der Waals surface area contributed by atoms with Crippen molar-refractivity contribution in [2.75, 3.05) is 5.32 Å². The average molecular weight is 457 g/mol. The lowest BCUT2D eigenvalue weighted by molar-refractivity contribution is 0.102. The summed E-state index contributed by atoms with van der Waals surface area (Å²) >= 11 is 6.24. The van der Waals surface area contributed by atoms with Crippen LogP contribution in [-0.4, -0.2) is 15.7 Å². The third kappa shape index (κ3) is 5.40. The van der Waals surface area contributed by atoms with Gasteiger partial charge in [0.05, 0.1) is 13.1 Å². The number of anilines is 1. The first-order valence-corrected chi connectivity index (χ1v) is 10.7. The number of rotatable bonds is 7. The minimum Gasteiger partial charge on any atom is -0.489 e. The molecule has 1 heterocycles. The maximum Gasteiger partial charge on any atom is 0.275 e. The van der Waals surface area contributed by atoms with Gasteiger partial charge in [-0.05, 0) is 42.8 Å². The van der Waals surface area contributed by atoms with Crippen molar-refractivity contribution in [3.05, 3.63) is 118 Å². The summed E-state index contributed by atoms with van der Waals surface area (Å²) in [6, 6.07) is 24.0. The van der Waals surface area contributed by atoms with Crippen LogP contribution < -0.4 is 10.1 Å². The molecule has 0 aliphatic rings. The predicted octanol–water partition coefficient (Wildman–Crippen LogP) is 6.28. The summed E-state index contributed by atoms with van der Waals surface area (Å²) in [5, 5.41) is 7.83. The van der Waals surface area contributed by atoms with Gasteiger partial charge in [0.1, 0.15) is 12.4 Å². The zero-order valence-electron chi connectivity index (χ0n) is 18.0. The highest BCUT2D eigenvalue weighted by atomic mass is 35.5. The van der Waals surface area contributed by atoms with Crippen LogP contribution in [-0.2, 0) is 13.2 Å². The summed E-state index contributed by atoms with van der Waals surface area (Å²) in [4.78, 5) is 16.2. The second kappa shape index (κ2) is 10.0. The summed E-state index contributed by atoms with van der Waals surface area (Å²) in [5.74, 6) is 0.328. The molecule has 0 radical (unpaired) electrons. The zero-order chi connectivity index (χ0) is 23.2. The highest BCUT2D eigenvalue weighted by molar-refractivity contribution is 6.30. The van der Waals surface area contributed by atoms with Crippen LogP contribution in [0, 0.1) is 13.5 Å². The summed E-state index contributed by atoms with van der Waals surface area (Å²) in [6.07, 6.45) is 0. The first-order chi connectivity index (χ1) is 16.0. The van der Waals surface area contributed by atoms with Gasteiger partial charge in [-0.15, -0.1) is 0 Å². The van der Waals surface area contributed by atoms with Gasteiger partial charge in [-0.3, -0.25) is 9.48 Å². The number of nitrogens with one attached hydrogen (secondary N) is 1. The number of carbonyl (C=O) groups is 1. The highest BCUT2D eigenvalue weighted by Gasteiger charge is 2.16. The fourth-order valence-corrected chi connectivity index (χ4v) is 3.55. The van der Waals surface area contributed by atoms with E-state index in [0.717, 1.165) is 16.8 Å². The maximum absolute atomic E-state index is 12.7. The van der Waals surface area contributed by atoms with Gasteiger partial charge < -0.3 is 10.1 Å². The minimum atomic E-state index is -0.375. The third-order valence-corrected chi connectivity index (χ3v) is 5.30. The number of carbonyl (C=O) groups excluding carboxylic acids is 1. The van der Waals surface area contributed by atoms with Crippen molar-refractivity contribution >= 4 is 28.9 Å². The molecule has 7 heteroatoms. The molecule has 1 N–H and O–H groups in total. The number of para-hydroxylation sites is 2. The van der Waals surface area contributed by atoms with Crippen molar-refractivity contribution in [3.63, 3.8) is 0 Å². The Morgan fingerprint density at radius 1 is 1.09 bits per heavy atom. The zero-order valence-corrected chi connectivity index (χ0v) is 18.7. The van der Waals surface area contributed by atoms with Crippen LogP contribution in [0.2, 0.25) is 5.02 Å². The van der Waals surface area contributed by atoms with E-state index in [4.69, 9.17) is 22.9 Å². The molecule has 4 aromatic rings. The van der Waals surface area contributed by atoms with Crippen LogP contribution in [0.4, 0.5) is 11.4 Å². The second-order valence-electron chi connectivity index (χ2n) is 7.44. The summed E-state index contributed by atoms with van der Waals surface area (Å²) < 4.78 is 7.77. The van der Waals surface area contributed by atoms with Crippen molar-refractivity contribution in [2.45, 2.75) is 20.1 Å². The molecule has 0 spiro atoms. The monoisotopic (exact) mass is 456 g/mol. The molecule has 0 fully saturated rings. The Labute approximate surface area is 197 Å². The van der Waals surface area contributed by atoms with E-state index in [1.807, 2.05) is 49.4 Å². The molecule has 0 atom stereocenters. The van der Waals surface area contributed by atoms with E-state index in [2.05, 4.69) is 15.3 Å². The fraction of sp³-hybridized carbons (Fsp3) is 0.115. The Balaban J connectivity index is 1.52. The molecule has 1 aromatic heterocycles. The van der Waals surface area contributed by atoms with Gasteiger partial charge in [-0.1, -0.05) is 60.1 Å². The van der Waals surface area contributed by atoms with Gasteiger partial charge in [0.15, 0.2) is 5.69 Å². The molecular formula is C26H21ClN4O2. The minimum absolute atomic E-state index is 0.265. The first-order valence-electron chi connectivity index (χ1n) is 10.3. The number of aromatic nitrogens is 2. The molecule has 0 bridgehead atoms. The molecule has 0 unspecified atom stereocenters. The molecule has 1 amide bonds. The fourth-order valence-electron chi connectivity index (χ4n) is 3.35. The van der Waals surface area contributed by atoms with E-state index in [1.54, 1.807) is 41.1 Å². The van der Waals surface area contributed by atoms with Crippen molar-refractivity contribution < 1.29 is 9.53 Å². The van der Waals surface area contributed by atoms with E-state index in [1.165, 1.54) is 0 Å². The standard InChI is InChI=1S/C26H21ClN4O2/c1-18-14-24(26(32)29-23-11-7-6-10-22(23)28-2)30-31(18)16-20-15-21(27)12-13-25(20)33-17-19-8-4-3-5-9-19/h3-15H,16-17H2,1H3,(H,29,32). The predicted molar refractivity (Wildman–Crippen MR) is 129 cm³/mol. The number of hydrogen-bond donors (Lipinski definition) is 1. The van der Waals surface area contributed by atoms with Crippen molar-refractivity contribution in [3.8, 4) is 5.75 Å². The van der Waals surface area contributed by atoms with Crippen LogP contribution in [0.25, 0.3) is 4.85 Å². The molecule has 0 saturated heterocycles. The quantitative estimate of drug-likeness (QED) is 0.333. The molecular weight excluding hydrogens is 436 g/mol. The van der Waals surface area contributed by atoms with E-state index in [0.29, 0.717) is 35.3 Å². The van der Waals surface area contributed by atoms with Gasteiger partial charge in [0.2, 0.25) is 5.69 Å². The van der Waals surface area contributed by atoms with Gasteiger partial charge >= 0.3 is 0 Å². The molecule has 33 heavy (non-hydrogen) atoms. The normalized spacial score (nSPS) is 10.5. The number of aryl methyl sites for hydroxylation is 1. The van der Waals surface area contributed by atoms with E-state index in [-0.39, 0.29) is 11.6 Å². The molecule has 0 aliphatic carbocycles. The number of halogens is 1. The smallest absolute Gasteiger partial charge is 0.275 e. The topological polar surface area (TPSA) is 60.5 Å². The number of nitrogens with zero attached hydrogens (tertiary/aromatic N) is 3. The second-order valence-corrected chi connectivity index (χ2v) is 7.87. The van der Waals surface area contributed by atoms with Gasteiger partial charge in [0, 0.05) is 22.0 Å². The number of benzene rings is 3. The molecule has 6 nitrogen and oxygen atoms in total. The summed E-state index contributed by atoms with van der Waals surface area (Å²) in [5.41, 5.74) is 3.83. The average Bonchev–Trinajstić information content (AvgIpc) is 3.20. The Morgan fingerprint density at radius 2 is 1.85 bits per heavy atom. The third-order valence-electron chi connectivity index (χ3n) is 5.07. The number of ether oxygens (including phenoxy) is 1. The van der Waals surface area contributed by atoms with E-state index < -0.39 is 0 Å². The summed E-state index contributed by atoms with van der Waals surface area (Å²) in [7, 11) is 0. The molecule has 4 rings (SSSR count). The highest BCUT2D eigenvalue weighted by Crippen LogP contribution is 2.26. The Kier molecular flexibility index (Phi) is 6.72. The maximum atomic E-state index is 12.7. The SMILES string of the molecule is [C-]#[N+]c1ccccc1NC(=O)c1cc(C)n(Cc2cc(Cl)ccc2OCc2ccccc2)n1. The van der Waals surface area contributed by atoms with E-state index >= 15 is 0 Å². The van der Waals surface area contributed by atoms with Crippen LogP contribution >= 0.6 is 11.6 Å². The van der Waals surface area contributed by atoms with Crippen LogP contribution in [0.1, 0.15) is 27.3 Å².